The summed E-state index contributed by atoms with van der Waals surface area (Å²) in [6, 6.07) is 0. The van der Waals surface area contributed by atoms with Crippen LogP contribution in [0.5, 0.6) is 0 Å². The van der Waals surface area contributed by atoms with E-state index in [9.17, 15) is 0 Å². The second kappa shape index (κ2) is 2.86. The average molecular weight is 148 g/mol. The standard InChI is InChI=1S/C7H16O3/c1-4-5-6(2,3)7(8,9)10/h8-10H,4-5H2,1-3H3. The Bertz CT molecular complexity index is 102. The summed E-state index contributed by atoms with van der Waals surface area (Å²) in [5.41, 5.74) is -0.845. The van der Waals surface area contributed by atoms with Crippen LogP contribution in [0.4, 0.5) is 0 Å². The SMILES string of the molecule is CCCC(C)(C)C(O)(O)O. The van der Waals surface area contributed by atoms with E-state index < -0.39 is 11.4 Å². The molecule has 0 bridgehead atoms. The van der Waals surface area contributed by atoms with Crippen molar-refractivity contribution >= 4 is 0 Å². The van der Waals surface area contributed by atoms with Gasteiger partial charge in [-0.25, -0.2) is 0 Å². The lowest BCUT2D eigenvalue weighted by Crippen LogP contribution is -2.44. The van der Waals surface area contributed by atoms with Crippen LogP contribution < -0.4 is 0 Å². The highest BCUT2D eigenvalue weighted by Gasteiger charge is 2.39. The van der Waals surface area contributed by atoms with E-state index in [2.05, 4.69) is 0 Å². The van der Waals surface area contributed by atoms with Crippen LogP contribution in [0.3, 0.4) is 0 Å². The highest BCUT2D eigenvalue weighted by Crippen LogP contribution is 2.31. The highest BCUT2D eigenvalue weighted by atomic mass is 16.7. The van der Waals surface area contributed by atoms with Gasteiger partial charge in [-0.2, -0.15) is 0 Å². The zero-order valence-corrected chi connectivity index (χ0v) is 6.76. The van der Waals surface area contributed by atoms with E-state index in [0.29, 0.717) is 6.42 Å². The minimum absolute atomic E-state index is 0.580. The fourth-order valence-corrected chi connectivity index (χ4v) is 0.793. The predicted octanol–water partition coefficient (Wildman–Crippen LogP) is 0.443. The molecule has 10 heavy (non-hydrogen) atoms. The molecule has 0 aromatic carbocycles. The maximum atomic E-state index is 8.79. The molecule has 0 atom stereocenters. The van der Waals surface area contributed by atoms with E-state index in [0.717, 1.165) is 6.42 Å². The first-order chi connectivity index (χ1) is 4.31. The van der Waals surface area contributed by atoms with Crippen molar-refractivity contribution in [3.63, 3.8) is 0 Å². The fraction of sp³-hybridized carbons (Fsp3) is 1.00. The van der Waals surface area contributed by atoms with Crippen LogP contribution in [0, 0.1) is 5.41 Å². The molecular formula is C7H16O3. The summed E-state index contributed by atoms with van der Waals surface area (Å²) < 4.78 is 0. The van der Waals surface area contributed by atoms with Gasteiger partial charge < -0.3 is 15.3 Å². The largest absolute Gasteiger partial charge is 0.343 e. The van der Waals surface area contributed by atoms with Gasteiger partial charge in [0.1, 0.15) is 0 Å². The minimum atomic E-state index is -2.55. The summed E-state index contributed by atoms with van der Waals surface area (Å²) in [5, 5.41) is 26.4. The fourth-order valence-electron chi connectivity index (χ4n) is 0.793. The van der Waals surface area contributed by atoms with Crippen LogP contribution in [-0.4, -0.2) is 21.3 Å². The van der Waals surface area contributed by atoms with Crippen LogP contribution in [0.15, 0.2) is 0 Å². The predicted molar refractivity (Wildman–Crippen MR) is 38.1 cm³/mol. The lowest BCUT2D eigenvalue weighted by molar-refractivity contribution is -0.368. The minimum Gasteiger partial charge on any atom is -0.343 e. The average Bonchev–Trinajstić information content (AvgIpc) is 1.61. The molecule has 0 aliphatic carbocycles. The van der Waals surface area contributed by atoms with E-state index >= 15 is 0 Å². The Labute approximate surface area is 61.3 Å². The molecule has 0 saturated carbocycles. The van der Waals surface area contributed by atoms with Gasteiger partial charge in [0.05, 0.1) is 0 Å². The molecule has 0 unspecified atom stereocenters. The summed E-state index contributed by atoms with van der Waals surface area (Å²) in [6.45, 7) is 5.14. The van der Waals surface area contributed by atoms with Gasteiger partial charge in [-0.3, -0.25) is 0 Å². The molecule has 3 nitrogen and oxygen atoms in total. The monoisotopic (exact) mass is 148 g/mol. The molecule has 3 heteroatoms. The van der Waals surface area contributed by atoms with Gasteiger partial charge in [-0.15, -0.1) is 0 Å². The van der Waals surface area contributed by atoms with E-state index in [1.807, 2.05) is 6.92 Å². The topological polar surface area (TPSA) is 60.7 Å². The van der Waals surface area contributed by atoms with Crippen LogP contribution in [0.25, 0.3) is 0 Å². The first-order valence-corrected chi connectivity index (χ1v) is 3.48. The van der Waals surface area contributed by atoms with Crippen LogP contribution in [0.2, 0.25) is 0 Å². The number of rotatable bonds is 3. The molecule has 0 amide bonds. The van der Waals surface area contributed by atoms with Crippen molar-refractivity contribution in [2.45, 2.75) is 39.6 Å². The van der Waals surface area contributed by atoms with Crippen molar-refractivity contribution in [1.29, 1.82) is 0 Å². The number of hydrogen-bond donors (Lipinski definition) is 3. The molecular weight excluding hydrogens is 132 g/mol. The van der Waals surface area contributed by atoms with Gasteiger partial charge in [-0.1, -0.05) is 27.2 Å². The zero-order valence-electron chi connectivity index (χ0n) is 6.76. The summed E-state index contributed by atoms with van der Waals surface area (Å²) in [5.74, 6) is -2.55. The molecule has 0 rings (SSSR count). The van der Waals surface area contributed by atoms with Gasteiger partial charge >= 0.3 is 0 Å². The molecule has 0 fully saturated rings. The van der Waals surface area contributed by atoms with Gasteiger partial charge in [-0.05, 0) is 6.42 Å². The third-order valence-corrected chi connectivity index (χ3v) is 1.78. The second-order valence-electron chi connectivity index (χ2n) is 3.27. The first-order valence-electron chi connectivity index (χ1n) is 3.48. The van der Waals surface area contributed by atoms with E-state index in [1.54, 1.807) is 13.8 Å². The molecule has 0 aromatic rings. The number of aliphatic hydroxyl groups is 3. The van der Waals surface area contributed by atoms with Crippen molar-refractivity contribution in [3.05, 3.63) is 0 Å². The Kier molecular flexibility index (Phi) is 2.83. The first kappa shape index (κ1) is 9.88. The van der Waals surface area contributed by atoms with Crippen molar-refractivity contribution in [1.82, 2.24) is 0 Å². The van der Waals surface area contributed by atoms with Gasteiger partial charge in [0.2, 0.25) is 0 Å². The van der Waals surface area contributed by atoms with Gasteiger partial charge in [0.15, 0.2) is 0 Å². The molecule has 0 aliphatic heterocycles. The molecule has 3 N–H and O–H groups in total. The molecule has 62 valence electrons. The maximum absolute atomic E-state index is 8.79. The molecule has 0 heterocycles. The Morgan fingerprint density at radius 2 is 1.50 bits per heavy atom. The summed E-state index contributed by atoms with van der Waals surface area (Å²) >= 11 is 0. The van der Waals surface area contributed by atoms with Crippen LogP contribution >= 0.6 is 0 Å². The Morgan fingerprint density at radius 3 is 1.60 bits per heavy atom. The molecule has 0 radical (unpaired) electrons. The second-order valence-corrected chi connectivity index (χ2v) is 3.27. The Balaban J connectivity index is 4.10. The van der Waals surface area contributed by atoms with Crippen molar-refractivity contribution in [3.8, 4) is 0 Å². The van der Waals surface area contributed by atoms with Crippen molar-refractivity contribution in [2.24, 2.45) is 5.41 Å². The lowest BCUT2D eigenvalue weighted by Gasteiger charge is -2.32. The van der Waals surface area contributed by atoms with Gasteiger partial charge in [0, 0.05) is 5.41 Å². The van der Waals surface area contributed by atoms with Gasteiger partial charge in [0.25, 0.3) is 5.97 Å². The van der Waals surface area contributed by atoms with E-state index in [4.69, 9.17) is 15.3 Å². The van der Waals surface area contributed by atoms with E-state index in [-0.39, 0.29) is 0 Å². The molecule has 0 spiro atoms. The zero-order chi connectivity index (χ0) is 8.41. The van der Waals surface area contributed by atoms with Crippen molar-refractivity contribution in [2.75, 3.05) is 0 Å². The molecule has 0 saturated heterocycles. The van der Waals surface area contributed by atoms with Crippen molar-refractivity contribution < 1.29 is 15.3 Å². The summed E-state index contributed by atoms with van der Waals surface area (Å²) in [7, 11) is 0. The third-order valence-electron chi connectivity index (χ3n) is 1.78. The highest BCUT2D eigenvalue weighted by molar-refractivity contribution is 4.74. The van der Waals surface area contributed by atoms with E-state index in [1.165, 1.54) is 0 Å². The maximum Gasteiger partial charge on any atom is 0.280 e. The van der Waals surface area contributed by atoms with Crippen LogP contribution in [0.1, 0.15) is 33.6 Å². The molecule has 0 aromatic heterocycles. The number of hydrogen-bond acceptors (Lipinski definition) is 3. The lowest BCUT2D eigenvalue weighted by atomic mass is 9.85. The Morgan fingerprint density at radius 1 is 1.10 bits per heavy atom. The Hall–Kier alpha value is -0.120. The smallest absolute Gasteiger partial charge is 0.280 e. The molecule has 0 aliphatic rings. The summed E-state index contributed by atoms with van der Waals surface area (Å²) in [4.78, 5) is 0. The summed E-state index contributed by atoms with van der Waals surface area (Å²) in [6.07, 6.45) is 1.40. The van der Waals surface area contributed by atoms with Crippen LogP contribution in [-0.2, 0) is 0 Å². The third kappa shape index (κ3) is 2.25. The quantitative estimate of drug-likeness (QED) is 0.509. The normalized spacial score (nSPS) is 13.8.